The zero-order valence-corrected chi connectivity index (χ0v) is 14.9. The summed E-state index contributed by atoms with van der Waals surface area (Å²) in [5.41, 5.74) is -0.575. The van der Waals surface area contributed by atoms with Crippen molar-refractivity contribution < 1.29 is 22.7 Å². The van der Waals surface area contributed by atoms with Gasteiger partial charge < -0.3 is 14.5 Å². The number of carbonyl (C=O) groups excluding carboxylic acids is 2. The highest BCUT2D eigenvalue weighted by molar-refractivity contribution is 8.13. The fourth-order valence-corrected chi connectivity index (χ4v) is 3.49. The first-order valence-electron chi connectivity index (χ1n) is 7.01. The van der Waals surface area contributed by atoms with E-state index in [9.17, 15) is 18.0 Å². The molecule has 0 radical (unpaired) electrons. The third-order valence-electron chi connectivity index (χ3n) is 3.14. The molecule has 0 aromatic rings. The quantitative estimate of drug-likeness (QED) is 0.694. The Labute approximate surface area is 136 Å². The predicted octanol–water partition coefficient (Wildman–Crippen LogP) is 1.27. The van der Waals surface area contributed by atoms with Crippen LogP contribution in [0.25, 0.3) is 0 Å². The largest absolute Gasteiger partial charge is 0.444 e. The Bertz CT molecular complexity index is 529. The molecule has 0 saturated carbocycles. The molecule has 1 atom stereocenters. The van der Waals surface area contributed by atoms with Crippen molar-refractivity contribution in [2.24, 2.45) is 5.92 Å². The van der Waals surface area contributed by atoms with Crippen LogP contribution in [0, 0.1) is 5.92 Å². The molecule has 1 unspecified atom stereocenters. The van der Waals surface area contributed by atoms with E-state index in [2.05, 4.69) is 0 Å². The van der Waals surface area contributed by atoms with Crippen molar-refractivity contribution in [3.63, 3.8) is 0 Å². The summed E-state index contributed by atoms with van der Waals surface area (Å²) in [6.45, 7) is 6.33. The van der Waals surface area contributed by atoms with E-state index in [0.717, 1.165) is 0 Å². The summed E-state index contributed by atoms with van der Waals surface area (Å²) in [6, 6.07) is 0. The topological polar surface area (TPSA) is 84.0 Å². The molecule has 1 aliphatic heterocycles. The average Bonchev–Trinajstić information content (AvgIpc) is 2.61. The van der Waals surface area contributed by atoms with Gasteiger partial charge in [0.15, 0.2) is 0 Å². The second kappa shape index (κ2) is 7.04. The molecule has 1 fully saturated rings. The molecule has 1 saturated heterocycles. The Morgan fingerprint density at radius 2 is 2.05 bits per heavy atom. The van der Waals surface area contributed by atoms with E-state index in [4.69, 9.17) is 15.4 Å². The van der Waals surface area contributed by atoms with Gasteiger partial charge in [-0.3, -0.25) is 4.79 Å². The fraction of sp³-hybridized carbons (Fsp3) is 0.846. The van der Waals surface area contributed by atoms with Gasteiger partial charge in [0.2, 0.25) is 15.0 Å². The van der Waals surface area contributed by atoms with Crippen molar-refractivity contribution in [2.75, 3.05) is 32.4 Å². The lowest BCUT2D eigenvalue weighted by molar-refractivity contribution is -0.127. The first-order chi connectivity index (χ1) is 9.87. The summed E-state index contributed by atoms with van der Waals surface area (Å²) in [7, 11) is 3.19. The molecular weight excluding hydrogens is 332 g/mol. The van der Waals surface area contributed by atoms with Gasteiger partial charge in [-0.25, -0.2) is 13.2 Å². The van der Waals surface area contributed by atoms with E-state index in [1.165, 1.54) is 4.90 Å². The van der Waals surface area contributed by atoms with Crippen LogP contribution in [0.5, 0.6) is 0 Å². The minimum Gasteiger partial charge on any atom is -0.444 e. The first-order valence-corrected chi connectivity index (χ1v) is 9.49. The third-order valence-corrected chi connectivity index (χ3v) is 4.39. The lowest BCUT2D eigenvalue weighted by Gasteiger charge is -2.26. The molecule has 9 heteroatoms. The SMILES string of the molecule is CN(CCN1CC(CS(=O)(=O)Cl)CC1=O)C(=O)OC(C)(C)C. The zero-order valence-electron chi connectivity index (χ0n) is 13.3. The van der Waals surface area contributed by atoms with Crippen LogP contribution in [0.4, 0.5) is 4.79 Å². The van der Waals surface area contributed by atoms with E-state index in [1.807, 2.05) is 0 Å². The summed E-state index contributed by atoms with van der Waals surface area (Å²) in [5, 5.41) is 0. The summed E-state index contributed by atoms with van der Waals surface area (Å²) in [5.74, 6) is -0.622. The molecule has 1 aliphatic rings. The van der Waals surface area contributed by atoms with Gasteiger partial charge in [-0.1, -0.05) is 0 Å². The summed E-state index contributed by atoms with van der Waals surface area (Å²) < 4.78 is 27.3. The van der Waals surface area contributed by atoms with Gasteiger partial charge in [-0.05, 0) is 20.8 Å². The second-order valence-electron chi connectivity index (χ2n) is 6.52. The Kier molecular flexibility index (Phi) is 6.09. The monoisotopic (exact) mass is 354 g/mol. The van der Waals surface area contributed by atoms with Crippen LogP contribution in [-0.4, -0.2) is 68.3 Å². The van der Waals surface area contributed by atoms with Gasteiger partial charge in [-0.15, -0.1) is 0 Å². The van der Waals surface area contributed by atoms with Crippen LogP contribution in [-0.2, 0) is 18.6 Å². The second-order valence-corrected chi connectivity index (χ2v) is 9.34. The van der Waals surface area contributed by atoms with Crippen LogP contribution in [0.15, 0.2) is 0 Å². The number of hydrogen-bond acceptors (Lipinski definition) is 5. The van der Waals surface area contributed by atoms with Crippen molar-refractivity contribution >= 4 is 31.7 Å². The Hall–Kier alpha value is -1.02. The molecule has 0 aromatic heterocycles. The number of likely N-dealkylation sites (N-methyl/N-ethyl adjacent to an activating group) is 1. The van der Waals surface area contributed by atoms with E-state index < -0.39 is 20.7 Å². The Balaban J connectivity index is 2.45. The molecule has 0 aromatic carbocycles. The highest BCUT2D eigenvalue weighted by Gasteiger charge is 2.32. The summed E-state index contributed by atoms with van der Waals surface area (Å²) >= 11 is 0. The van der Waals surface area contributed by atoms with E-state index >= 15 is 0 Å². The minimum absolute atomic E-state index is 0.122. The first kappa shape index (κ1) is 19.0. The van der Waals surface area contributed by atoms with Gasteiger partial charge in [0, 0.05) is 49.7 Å². The Morgan fingerprint density at radius 3 is 2.55 bits per heavy atom. The maximum atomic E-state index is 11.8. The van der Waals surface area contributed by atoms with Gasteiger partial charge in [0.25, 0.3) is 0 Å². The summed E-state index contributed by atoms with van der Waals surface area (Å²) in [6.07, 6.45) is -0.290. The van der Waals surface area contributed by atoms with Crippen molar-refractivity contribution in [1.29, 1.82) is 0 Å². The Morgan fingerprint density at radius 1 is 1.45 bits per heavy atom. The van der Waals surface area contributed by atoms with Crippen LogP contribution >= 0.6 is 10.7 Å². The number of amides is 2. The van der Waals surface area contributed by atoms with Gasteiger partial charge in [0.05, 0.1) is 5.75 Å². The fourth-order valence-electron chi connectivity index (χ4n) is 2.17. The maximum Gasteiger partial charge on any atom is 0.410 e. The van der Waals surface area contributed by atoms with Crippen molar-refractivity contribution in [2.45, 2.75) is 32.8 Å². The normalized spacial score (nSPS) is 19.4. The van der Waals surface area contributed by atoms with Crippen LogP contribution < -0.4 is 0 Å². The van der Waals surface area contributed by atoms with Crippen molar-refractivity contribution in [3.8, 4) is 0 Å². The number of likely N-dealkylation sites (tertiary alicyclic amines) is 1. The van der Waals surface area contributed by atoms with Gasteiger partial charge in [-0.2, -0.15) is 0 Å². The molecule has 1 rings (SSSR count). The smallest absolute Gasteiger partial charge is 0.410 e. The molecule has 22 heavy (non-hydrogen) atoms. The molecule has 0 spiro atoms. The highest BCUT2D eigenvalue weighted by Crippen LogP contribution is 2.20. The lowest BCUT2D eigenvalue weighted by atomic mass is 10.1. The number of nitrogens with zero attached hydrogens (tertiary/aromatic N) is 2. The number of hydrogen-bond donors (Lipinski definition) is 0. The molecule has 0 bridgehead atoms. The number of halogens is 1. The third kappa shape index (κ3) is 6.83. The summed E-state index contributed by atoms with van der Waals surface area (Å²) in [4.78, 5) is 26.6. The molecule has 0 aliphatic carbocycles. The minimum atomic E-state index is -3.61. The molecule has 128 valence electrons. The van der Waals surface area contributed by atoms with Crippen molar-refractivity contribution in [1.82, 2.24) is 9.80 Å². The molecule has 0 N–H and O–H groups in total. The van der Waals surface area contributed by atoms with Crippen molar-refractivity contribution in [3.05, 3.63) is 0 Å². The zero-order chi connectivity index (χ0) is 17.1. The highest BCUT2D eigenvalue weighted by atomic mass is 35.7. The number of rotatable bonds is 5. The van der Waals surface area contributed by atoms with Crippen LogP contribution in [0.1, 0.15) is 27.2 Å². The molecule has 7 nitrogen and oxygen atoms in total. The van der Waals surface area contributed by atoms with E-state index in [1.54, 1.807) is 32.7 Å². The molecule has 2 amide bonds. The van der Waals surface area contributed by atoms with Gasteiger partial charge in [0.1, 0.15) is 5.60 Å². The van der Waals surface area contributed by atoms with Crippen LogP contribution in [0.3, 0.4) is 0 Å². The lowest BCUT2D eigenvalue weighted by Crippen LogP contribution is -2.39. The predicted molar refractivity (Wildman–Crippen MR) is 83.2 cm³/mol. The molecule has 1 heterocycles. The maximum absolute atomic E-state index is 11.8. The van der Waals surface area contributed by atoms with Gasteiger partial charge >= 0.3 is 6.09 Å². The number of carbonyl (C=O) groups is 2. The average molecular weight is 355 g/mol. The van der Waals surface area contributed by atoms with Crippen LogP contribution in [0.2, 0.25) is 0 Å². The number of ether oxygens (including phenoxy) is 1. The molecular formula is C13H23ClN2O5S. The van der Waals surface area contributed by atoms with E-state index in [-0.39, 0.29) is 24.0 Å². The van der Waals surface area contributed by atoms with E-state index in [0.29, 0.717) is 19.6 Å². The standard InChI is InChI=1S/C13H23ClN2O5S/c1-13(2,3)21-12(18)15(4)5-6-16-8-10(7-11(16)17)9-22(14,19)20/h10H,5-9H2,1-4H3.